The second-order valence-corrected chi connectivity index (χ2v) is 4.79. The molecule has 23 heavy (non-hydrogen) atoms. The molecule has 0 aliphatic heterocycles. The first-order chi connectivity index (χ1) is 10.9. The SMILES string of the molecule is CC[C@H](NC(=O)c1c(F)c(F)c(F)c(F)c1F)c1ccccc1. The van der Waals surface area contributed by atoms with Gasteiger partial charge in [-0.2, -0.15) is 0 Å². The number of amides is 1. The fourth-order valence-electron chi connectivity index (χ4n) is 2.14. The van der Waals surface area contributed by atoms with Crippen LogP contribution in [-0.2, 0) is 0 Å². The lowest BCUT2D eigenvalue weighted by atomic mass is 10.0. The number of halogens is 5. The maximum absolute atomic E-state index is 13.6. The summed E-state index contributed by atoms with van der Waals surface area (Å²) in [5.74, 6) is -12.3. The Kier molecular flexibility index (Phi) is 4.98. The molecule has 0 fully saturated rings. The van der Waals surface area contributed by atoms with Crippen LogP contribution in [0.1, 0.15) is 35.3 Å². The number of carbonyl (C=O) groups excluding carboxylic acids is 1. The molecule has 1 amide bonds. The zero-order valence-electron chi connectivity index (χ0n) is 12.0. The van der Waals surface area contributed by atoms with Crippen molar-refractivity contribution in [2.75, 3.05) is 0 Å². The molecule has 7 heteroatoms. The van der Waals surface area contributed by atoms with Crippen molar-refractivity contribution in [1.29, 1.82) is 0 Å². The van der Waals surface area contributed by atoms with Crippen LogP contribution in [-0.4, -0.2) is 5.91 Å². The summed E-state index contributed by atoms with van der Waals surface area (Å²) >= 11 is 0. The molecule has 0 saturated carbocycles. The van der Waals surface area contributed by atoms with Gasteiger partial charge in [0.25, 0.3) is 5.91 Å². The minimum Gasteiger partial charge on any atom is -0.345 e. The van der Waals surface area contributed by atoms with E-state index in [1.54, 1.807) is 37.3 Å². The summed E-state index contributed by atoms with van der Waals surface area (Å²) in [5, 5.41) is 2.28. The van der Waals surface area contributed by atoms with Crippen LogP contribution in [0, 0.1) is 29.1 Å². The maximum atomic E-state index is 13.6. The van der Waals surface area contributed by atoms with Gasteiger partial charge in [0.2, 0.25) is 5.82 Å². The zero-order chi connectivity index (χ0) is 17.1. The van der Waals surface area contributed by atoms with E-state index in [1.807, 2.05) is 0 Å². The highest BCUT2D eigenvalue weighted by Crippen LogP contribution is 2.24. The summed E-state index contributed by atoms with van der Waals surface area (Å²) in [6.07, 6.45) is 0.366. The van der Waals surface area contributed by atoms with Crippen molar-refractivity contribution in [2.24, 2.45) is 0 Å². The molecule has 0 aromatic heterocycles. The van der Waals surface area contributed by atoms with Crippen molar-refractivity contribution in [3.63, 3.8) is 0 Å². The van der Waals surface area contributed by atoms with Crippen LogP contribution in [0.4, 0.5) is 22.0 Å². The Morgan fingerprint density at radius 1 is 0.913 bits per heavy atom. The fraction of sp³-hybridized carbons (Fsp3) is 0.188. The monoisotopic (exact) mass is 329 g/mol. The van der Waals surface area contributed by atoms with Crippen LogP contribution in [0.25, 0.3) is 0 Å². The van der Waals surface area contributed by atoms with Gasteiger partial charge in [0.05, 0.1) is 6.04 Å². The third-order valence-corrected chi connectivity index (χ3v) is 3.35. The number of nitrogens with one attached hydrogen (secondary N) is 1. The Morgan fingerprint density at radius 2 is 1.39 bits per heavy atom. The Bertz CT molecular complexity index is 704. The summed E-state index contributed by atoms with van der Waals surface area (Å²) in [6, 6.07) is 7.85. The van der Waals surface area contributed by atoms with E-state index in [0.29, 0.717) is 12.0 Å². The minimum atomic E-state index is -2.30. The molecule has 0 unspecified atom stereocenters. The van der Waals surface area contributed by atoms with Crippen molar-refractivity contribution in [3.05, 3.63) is 70.5 Å². The Hall–Kier alpha value is -2.44. The topological polar surface area (TPSA) is 29.1 Å². The molecular weight excluding hydrogens is 317 g/mol. The Balaban J connectivity index is 2.38. The lowest BCUT2D eigenvalue weighted by molar-refractivity contribution is 0.0923. The summed E-state index contributed by atoms with van der Waals surface area (Å²) < 4.78 is 66.6. The molecule has 0 spiro atoms. The molecular formula is C16H12F5NO. The molecule has 0 bridgehead atoms. The molecule has 2 aromatic rings. The first-order valence-electron chi connectivity index (χ1n) is 6.75. The van der Waals surface area contributed by atoms with Gasteiger partial charge in [0, 0.05) is 0 Å². The third kappa shape index (κ3) is 3.18. The van der Waals surface area contributed by atoms with Crippen LogP contribution >= 0.6 is 0 Å². The smallest absolute Gasteiger partial charge is 0.257 e. The van der Waals surface area contributed by atoms with E-state index in [4.69, 9.17) is 0 Å². The molecule has 2 rings (SSSR count). The highest BCUT2D eigenvalue weighted by Gasteiger charge is 2.30. The number of hydrogen-bond donors (Lipinski definition) is 1. The van der Waals surface area contributed by atoms with E-state index in [2.05, 4.69) is 5.32 Å². The van der Waals surface area contributed by atoms with Crippen molar-refractivity contribution in [2.45, 2.75) is 19.4 Å². The average molecular weight is 329 g/mol. The van der Waals surface area contributed by atoms with E-state index in [9.17, 15) is 26.7 Å². The molecule has 2 aromatic carbocycles. The second kappa shape index (κ2) is 6.76. The summed E-state index contributed by atoms with van der Waals surface area (Å²) in [6.45, 7) is 1.70. The molecule has 0 heterocycles. The Labute approximate surface area is 128 Å². The van der Waals surface area contributed by atoms with Gasteiger partial charge in [0.1, 0.15) is 5.56 Å². The first kappa shape index (κ1) is 16.9. The number of rotatable bonds is 4. The van der Waals surface area contributed by atoms with Crippen molar-refractivity contribution >= 4 is 5.91 Å². The van der Waals surface area contributed by atoms with Gasteiger partial charge in [-0.25, -0.2) is 22.0 Å². The predicted molar refractivity (Wildman–Crippen MR) is 73.2 cm³/mol. The van der Waals surface area contributed by atoms with Gasteiger partial charge >= 0.3 is 0 Å². The molecule has 0 aliphatic carbocycles. The van der Waals surface area contributed by atoms with Crippen LogP contribution in [0.2, 0.25) is 0 Å². The van der Waals surface area contributed by atoms with Crippen molar-refractivity contribution in [1.82, 2.24) is 5.32 Å². The van der Waals surface area contributed by atoms with Crippen molar-refractivity contribution < 1.29 is 26.7 Å². The second-order valence-electron chi connectivity index (χ2n) is 4.79. The van der Waals surface area contributed by atoms with E-state index >= 15 is 0 Å². The summed E-state index contributed by atoms with van der Waals surface area (Å²) in [5.41, 5.74) is -0.844. The molecule has 1 atom stereocenters. The first-order valence-corrected chi connectivity index (χ1v) is 6.75. The minimum absolute atomic E-state index is 0.366. The number of carbonyl (C=O) groups is 1. The van der Waals surface area contributed by atoms with Gasteiger partial charge in [-0.05, 0) is 12.0 Å². The van der Waals surface area contributed by atoms with E-state index in [-0.39, 0.29) is 0 Å². The zero-order valence-corrected chi connectivity index (χ0v) is 12.0. The molecule has 1 N–H and O–H groups in total. The van der Waals surface area contributed by atoms with E-state index in [0.717, 1.165) is 0 Å². The highest BCUT2D eigenvalue weighted by atomic mass is 19.2. The van der Waals surface area contributed by atoms with Gasteiger partial charge in [-0.1, -0.05) is 37.3 Å². The highest BCUT2D eigenvalue weighted by molar-refractivity contribution is 5.95. The van der Waals surface area contributed by atoms with E-state index in [1.165, 1.54) is 0 Å². The van der Waals surface area contributed by atoms with Gasteiger partial charge in [-0.15, -0.1) is 0 Å². The van der Waals surface area contributed by atoms with Gasteiger partial charge in [-0.3, -0.25) is 4.79 Å². The van der Waals surface area contributed by atoms with Crippen molar-refractivity contribution in [3.8, 4) is 0 Å². The number of hydrogen-bond acceptors (Lipinski definition) is 1. The van der Waals surface area contributed by atoms with Crippen LogP contribution in [0.3, 0.4) is 0 Å². The lowest BCUT2D eigenvalue weighted by Crippen LogP contribution is -2.30. The molecule has 0 aliphatic rings. The Morgan fingerprint density at radius 3 is 1.87 bits per heavy atom. The quantitative estimate of drug-likeness (QED) is 0.507. The molecule has 0 radical (unpaired) electrons. The fourth-order valence-corrected chi connectivity index (χ4v) is 2.14. The summed E-state index contributed by atoms with van der Waals surface area (Å²) in [7, 11) is 0. The standard InChI is InChI=1S/C16H12F5NO/c1-2-9(8-6-4-3-5-7-8)22-16(23)10-11(17)13(19)15(21)14(20)12(10)18/h3-7,9H,2H2,1H3,(H,22,23)/t9-/m0/s1. The van der Waals surface area contributed by atoms with Crippen LogP contribution < -0.4 is 5.32 Å². The van der Waals surface area contributed by atoms with Crippen LogP contribution in [0.15, 0.2) is 30.3 Å². The molecule has 2 nitrogen and oxygen atoms in total. The molecule has 122 valence electrons. The largest absolute Gasteiger partial charge is 0.345 e. The van der Waals surface area contributed by atoms with Crippen LogP contribution in [0.5, 0.6) is 0 Å². The molecule has 0 saturated heterocycles. The lowest BCUT2D eigenvalue weighted by Gasteiger charge is -2.18. The predicted octanol–water partition coefficient (Wildman–Crippen LogP) is 4.26. The van der Waals surface area contributed by atoms with Gasteiger partial charge in [0.15, 0.2) is 23.3 Å². The maximum Gasteiger partial charge on any atom is 0.257 e. The third-order valence-electron chi connectivity index (χ3n) is 3.35. The normalized spacial score (nSPS) is 12.1. The average Bonchev–Trinajstić information content (AvgIpc) is 2.57. The summed E-state index contributed by atoms with van der Waals surface area (Å²) in [4.78, 5) is 12.0. The van der Waals surface area contributed by atoms with E-state index < -0.39 is 46.6 Å². The van der Waals surface area contributed by atoms with Gasteiger partial charge < -0.3 is 5.32 Å². The number of benzene rings is 2.